The van der Waals surface area contributed by atoms with Gasteiger partial charge < -0.3 is 14.6 Å². The van der Waals surface area contributed by atoms with Gasteiger partial charge in [0.05, 0.1) is 26.1 Å². The van der Waals surface area contributed by atoms with E-state index in [1.165, 1.54) is 6.92 Å². The smallest absolute Gasteiger partial charge is 0.303 e. The lowest BCUT2D eigenvalue weighted by atomic mass is 10.0. The van der Waals surface area contributed by atoms with Crippen LogP contribution in [0.1, 0.15) is 26.2 Å². The van der Waals surface area contributed by atoms with E-state index >= 15 is 0 Å². The Morgan fingerprint density at radius 1 is 1.36 bits per heavy atom. The Labute approximate surface area is 82.0 Å². The molecule has 80 valence electrons. The molecule has 5 heteroatoms. The fourth-order valence-electron chi connectivity index (χ4n) is 1.51. The number of carboxylic acid groups (broad SMARTS) is 1. The Bertz CT molecular complexity index is 229. The van der Waals surface area contributed by atoms with Crippen molar-refractivity contribution in [3.05, 3.63) is 0 Å². The van der Waals surface area contributed by atoms with Crippen LogP contribution < -0.4 is 0 Å². The number of Topliss-reactive ketones (excluding diaryl/α,β-unsaturated/α-hetero) is 1. The minimum absolute atomic E-state index is 0.0483. The van der Waals surface area contributed by atoms with Crippen molar-refractivity contribution < 1.29 is 24.2 Å². The highest BCUT2D eigenvalue weighted by Crippen LogP contribution is 2.28. The maximum Gasteiger partial charge on any atom is 0.303 e. The number of hydrogen-bond donors (Lipinski definition) is 1. The van der Waals surface area contributed by atoms with Crippen molar-refractivity contribution in [2.45, 2.75) is 32.0 Å². The van der Waals surface area contributed by atoms with Crippen LogP contribution in [-0.2, 0) is 19.1 Å². The second-order valence-corrected chi connectivity index (χ2v) is 3.38. The first-order valence-electron chi connectivity index (χ1n) is 4.53. The first kappa shape index (κ1) is 11.1. The molecule has 0 spiro atoms. The number of hydrogen-bond acceptors (Lipinski definition) is 4. The van der Waals surface area contributed by atoms with Crippen LogP contribution in [0.4, 0.5) is 0 Å². The standard InChI is InChI=1S/C9H14O5/c1-7(10)6-9(3-2-8(11)12)13-4-5-14-9/h2-6H2,1H3,(H,11,12). The highest BCUT2D eigenvalue weighted by molar-refractivity contribution is 5.76. The summed E-state index contributed by atoms with van der Waals surface area (Å²) in [6, 6.07) is 0. The Morgan fingerprint density at radius 3 is 2.36 bits per heavy atom. The number of ether oxygens (including phenoxy) is 2. The fourth-order valence-corrected chi connectivity index (χ4v) is 1.51. The third-order valence-corrected chi connectivity index (χ3v) is 2.05. The molecule has 0 atom stereocenters. The summed E-state index contributed by atoms with van der Waals surface area (Å²) < 4.78 is 10.6. The Balaban J connectivity index is 2.52. The first-order chi connectivity index (χ1) is 6.54. The van der Waals surface area contributed by atoms with Gasteiger partial charge in [0.25, 0.3) is 0 Å². The summed E-state index contributed by atoms with van der Waals surface area (Å²) in [5.41, 5.74) is 0. The van der Waals surface area contributed by atoms with E-state index in [9.17, 15) is 9.59 Å². The zero-order chi connectivity index (χ0) is 10.6. The maximum atomic E-state index is 10.9. The van der Waals surface area contributed by atoms with Crippen LogP contribution in [0.15, 0.2) is 0 Å². The minimum Gasteiger partial charge on any atom is -0.481 e. The van der Waals surface area contributed by atoms with Gasteiger partial charge in [-0.3, -0.25) is 9.59 Å². The molecule has 0 aromatic carbocycles. The van der Waals surface area contributed by atoms with Gasteiger partial charge in [-0.15, -0.1) is 0 Å². The van der Waals surface area contributed by atoms with Crippen molar-refractivity contribution in [2.75, 3.05) is 13.2 Å². The van der Waals surface area contributed by atoms with Crippen LogP contribution in [-0.4, -0.2) is 35.9 Å². The molecule has 14 heavy (non-hydrogen) atoms. The molecule has 1 aliphatic heterocycles. The summed E-state index contributed by atoms with van der Waals surface area (Å²) in [5, 5.41) is 8.53. The predicted octanol–water partition coefficient (Wildman–Crippen LogP) is 0.573. The molecule has 1 fully saturated rings. The van der Waals surface area contributed by atoms with E-state index in [0.717, 1.165) is 0 Å². The maximum absolute atomic E-state index is 10.9. The predicted molar refractivity (Wildman–Crippen MR) is 46.8 cm³/mol. The third-order valence-electron chi connectivity index (χ3n) is 2.05. The molecule has 0 bridgehead atoms. The summed E-state index contributed by atoms with van der Waals surface area (Å²) >= 11 is 0. The molecule has 0 aliphatic carbocycles. The second kappa shape index (κ2) is 4.52. The van der Waals surface area contributed by atoms with Gasteiger partial charge in [0.2, 0.25) is 0 Å². The number of rotatable bonds is 5. The molecule has 0 aromatic heterocycles. The van der Waals surface area contributed by atoms with Crippen LogP contribution in [0.5, 0.6) is 0 Å². The fraction of sp³-hybridized carbons (Fsp3) is 0.778. The van der Waals surface area contributed by atoms with Gasteiger partial charge in [0, 0.05) is 6.42 Å². The Morgan fingerprint density at radius 2 is 1.93 bits per heavy atom. The number of carbonyl (C=O) groups excluding carboxylic acids is 1. The normalized spacial score (nSPS) is 19.5. The van der Waals surface area contributed by atoms with Gasteiger partial charge in [0.15, 0.2) is 5.79 Å². The van der Waals surface area contributed by atoms with Gasteiger partial charge in [-0.2, -0.15) is 0 Å². The van der Waals surface area contributed by atoms with Gasteiger partial charge in [-0.25, -0.2) is 0 Å². The van der Waals surface area contributed by atoms with E-state index in [1.54, 1.807) is 0 Å². The number of carbonyl (C=O) groups is 2. The summed E-state index contributed by atoms with van der Waals surface area (Å²) in [4.78, 5) is 21.3. The summed E-state index contributed by atoms with van der Waals surface area (Å²) in [7, 11) is 0. The Hall–Kier alpha value is -0.940. The molecule has 5 nitrogen and oxygen atoms in total. The average Bonchev–Trinajstić information content (AvgIpc) is 2.49. The van der Waals surface area contributed by atoms with E-state index in [2.05, 4.69) is 0 Å². The van der Waals surface area contributed by atoms with Crippen LogP contribution in [0.2, 0.25) is 0 Å². The summed E-state index contributed by atoms with van der Waals surface area (Å²) in [6.45, 7) is 2.29. The highest BCUT2D eigenvalue weighted by atomic mass is 16.7. The van der Waals surface area contributed by atoms with Crippen LogP contribution in [0.3, 0.4) is 0 Å². The van der Waals surface area contributed by atoms with Crippen molar-refractivity contribution in [3.63, 3.8) is 0 Å². The lowest BCUT2D eigenvalue weighted by Crippen LogP contribution is -2.33. The minimum atomic E-state index is -0.982. The van der Waals surface area contributed by atoms with Gasteiger partial charge >= 0.3 is 5.97 Å². The molecule has 0 aromatic rings. The van der Waals surface area contributed by atoms with Crippen molar-refractivity contribution in [1.82, 2.24) is 0 Å². The third kappa shape index (κ3) is 3.08. The molecule has 1 saturated heterocycles. The highest BCUT2D eigenvalue weighted by Gasteiger charge is 2.37. The van der Waals surface area contributed by atoms with Gasteiger partial charge in [0.1, 0.15) is 5.78 Å². The molecule has 0 radical (unpaired) electrons. The Kier molecular flexibility index (Phi) is 3.60. The number of ketones is 1. The molecule has 0 amide bonds. The lowest BCUT2D eigenvalue weighted by Gasteiger charge is -2.25. The largest absolute Gasteiger partial charge is 0.481 e. The van der Waals surface area contributed by atoms with Gasteiger partial charge in [-0.05, 0) is 6.92 Å². The van der Waals surface area contributed by atoms with E-state index in [4.69, 9.17) is 14.6 Å². The zero-order valence-corrected chi connectivity index (χ0v) is 8.12. The molecular weight excluding hydrogens is 188 g/mol. The van der Waals surface area contributed by atoms with Crippen molar-refractivity contribution in [3.8, 4) is 0 Å². The monoisotopic (exact) mass is 202 g/mol. The van der Waals surface area contributed by atoms with Crippen LogP contribution >= 0.6 is 0 Å². The first-order valence-corrected chi connectivity index (χ1v) is 4.53. The van der Waals surface area contributed by atoms with Crippen molar-refractivity contribution in [1.29, 1.82) is 0 Å². The summed E-state index contributed by atoms with van der Waals surface area (Å²) in [6.07, 6.45) is 0.301. The summed E-state index contributed by atoms with van der Waals surface area (Å²) in [5.74, 6) is -1.95. The van der Waals surface area contributed by atoms with E-state index in [1.807, 2.05) is 0 Å². The lowest BCUT2D eigenvalue weighted by molar-refractivity contribution is -0.176. The van der Waals surface area contributed by atoms with E-state index in [-0.39, 0.29) is 25.0 Å². The molecular formula is C9H14O5. The van der Waals surface area contributed by atoms with Crippen LogP contribution in [0.25, 0.3) is 0 Å². The van der Waals surface area contributed by atoms with Crippen molar-refractivity contribution in [2.24, 2.45) is 0 Å². The number of carboxylic acids is 1. The molecule has 0 unspecified atom stereocenters. The van der Waals surface area contributed by atoms with Crippen LogP contribution in [0, 0.1) is 0 Å². The zero-order valence-electron chi connectivity index (χ0n) is 8.12. The molecule has 1 rings (SSSR count). The number of aliphatic carboxylic acids is 1. The average molecular weight is 202 g/mol. The van der Waals surface area contributed by atoms with Gasteiger partial charge in [-0.1, -0.05) is 0 Å². The van der Waals surface area contributed by atoms with E-state index < -0.39 is 11.8 Å². The molecule has 1 N–H and O–H groups in total. The van der Waals surface area contributed by atoms with Crippen molar-refractivity contribution >= 4 is 11.8 Å². The van der Waals surface area contributed by atoms with E-state index in [0.29, 0.717) is 13.2 Å². The molecule has 1 aliphatic rings. The second-order valence-electron chi connectivity index (χ2n) is 3.38. The topological polar surface area (TPSA) is 72.8 Å². The molecule has 1 heterocycles. The quantitative estimate of drug-likeness (QED) is 0.705. The molecule has 0 saturated carbocycles. The SMILES string of the molecule is CC(=O)CC1(CCC(=O)O)OCCO1.